The molecule has 0 spiro atoms. The summed E-state index contributed by atoms with van der Waals surface area (Å²) in [5.74, 6) is 0.515. The van der Waals surface area contributed by atoms with Gasteiger partial charge in [0.15, 0.2) is 6.10 Å². The molecule has 1 aliphatic carbocycles. The molecule has 18 heavy (non-hydrogen) atoms. The molecule has 0 aromatic heterocycles. The zero-order valence-electron chi connectivity index (χ0n) is 11.1. The molecule has 5 heteroatoms. The Labute approximate surface area is 109 Å². The van der Waals surface area contributed by atoms with Gasteiger partial charge in [-0.3, -0.25) is 4.79 Å². The van der Waals surface area contributed by atoms with Crippen molar-refractivity contribution in [2.45, 2.75) is 38.3 Å². The third-order valence-electron chi connectivity index (χ3n) is 4.04. The first-order valence-electron chi connectivity index (χ1n) is 6.97. The number of hydrogen-bond acceptors (Lipinski definition) is 4. The van der Waals surface area contributed by atoms with E-state index in [0.717, 1.165) is 19.4 Å². The lowest BCUT2D eigenvalue weighted by molar-refractivity contribution is -0.160. The van der Waals surface area contributed by atoms with E-state index in [1.54, 1.807) is 0 Å². The molecule has 2 fully saturated rings. The molecule has 1 aliphatic heterocycles. The van der Waals surface area contributed by atoms with Crippen molar-refractivity contribution in [3.63, 3.8) is 0 Å². The SMILES string of the molecule is CCN(C(=O)C1COCCO1)C1CCCC1CN. The molecule has 2 N–H and O–H groups in total. The van der Waals surface area contributed by atoms with Crippen molar-refractivity contribution in [3.05, 3.63) is 0 Å². The molecule has 0 radical (unpaired) electrons. The lowest BCUT2D eigenvalue weighted by Gasteiger charge is -2.35. The minimum Gasteiger partial charge on any atom is -0.376 e. The van der Waals surface area contributed by atoms with E-state index in [-0.39, 0.29) is 11.9 Å². The molecule has 0 bridgehead atoms. The average Bonchev–Trinajstić information content (AvgIpc) is 2.89. The van der Waals surface area contributed by atoms with E-state index in [4.69, 9.17) is 15.2 Å². The Morgan fingerprint density at radius 2 is 2.22 bits per heavy atom. The predicted molar refractivity (Wildman–Crippen MR) is 68.1 cm³/mol. The fourth-order valence-corrected chi connectivity index (χ4v) is 3.07. The lowest BCUT2D eigenvalue weighted by atomic mass is 10.0. The van der Waals surface area contributed by atoms with Crippen LogP contribution in [0.3, 0.4) is 0 Å². The van der Waals surface area contributed by atoms with Crippen molar-refractivity contribution in [2.24, 2.45) is 11.7 Å². The second kappa shape index (κ2) is 6.50. The van der Waals surface area contributed by atoms with Gasteiger partial charge in [-0.05, 0) is 32.2 Å². The minimum absolute atomic E-state index is 0.0718. The number of hydrogen-bond donors (Lipinski definition) is 1. The molecule has 3 unspecified atom stereocenters. The first kappa shape index (κ1) is 13.8. The number of nitrogens with two attached hydrogens (primary N) is 1. The first-order chi connectivity index (χ1) is 8.77. The van der Waals surface area contributed by atoms with E-state index >= 15 is 0 Å². The minimum atomic E-state index is -0.419. The van der Waals surface area contributed by atoms with Crippen molar-refractivity contribution < 1.29 is 14.3 Å². The Balaban J connectivity index is 2.00. The van der Waals surface area contributed by atoms with Crippen molar-refractivity contribution in [2.75, 3.05) is 32.9 Å². The second-order valence-corrected chi connectivity index (χ2v) is 5.05. The van der Waals surface area contributed by atoms with Crippen LogP contribution >= 0.6 is 0 Å². The maximum absolute atomic E-state index is 12.5. The van der Waals surface area contributed by atoms with Gasteiger partial charge in [-0.15, -0.1) is 0 Å². The molecule has 1 saturated heterocycles. The predicted octanol–water partition coefficient (Wildman–Crippen LogP) is 0.378. The molecule has 0 aromatic carbocycles. The molecule has 104 valence electrons. The van der Waals surface area contributed by atoms with E-state index in [9.17, 15) is 4.79 Å². The Morgan fingerprint density at radius 3 is 2.83 bits per heavy atom. The number of rotatable bonds is 4. The second-order valence-electron chi connectivity index (χ2n) is 5.05. The number of amides is 1. The largest absolute Gasteiger partial charge is 0.376 e. The molecule has 3 atom stereocenters. The van der Waals surface area contributed by atoms with E-state index in [1.165, 1.54) is 6.42 Å². The van der Waals surface area contributed by atoms with Crippen LogP contribution in [0.2, 0.25) is 0 Å². The third-order valence-corrected chi connectivity index (χ3v) is 4.04. The van der Waals surface area contributed by atoms with Crippen LogP contribution in [0.15, 0.2) is 0 Å². The Morgan fingerprint density at radius 1 is 1.39 bits per heavy atom. The van der Waals surface area contributed by atoms with Crippen molar-refractivity contribution in [3.8, 4) is 0 Å². The number of likely N-dealkylation sites (N-methyl/N-ethyl adjacent to an activating group) is 1. The van der Waals surface area contributed by atoms with Gasteiger partial charge in [0.1, 0.15) is 0 Å². The summed E-state index contributed by atoms with van der Waals surface area (Å²) in [7, 11) is 0. The topological polar surface area (TPSA) is 64.8 Å². The van der Waals surface area contributed by atoms with Crippen LogP contribution < -0.4 is 5.73 Å². The standard InChI is InChI=1S/C13H24N2O3/c1-2-15(11-5-3-4-10(11)8-14)13(16)12-9-17-6-7-18-12/h10-12H,2-9,14H2,1H3. The summed E-state index contributed by atoms with van der Waals surface area (Å²) < 4.78 is 10.8. The monoisotopic (exact) mass is 256 g/mol. The summed E-state index contributed by atoms with van der Waals surface area (Å²) >= 11 is 0. The molecule has 1 amide bonds. The summed E-state index contributed by atoms with van der Waals surface area (Å²) in [6, 6.07) is 0.290. The van der Waals surface area contributed by atoms with Gasteiger partial charge in [0.2, 0.25) is 0 Å². The summed E-state index contributed by atoms with van der Waals surface area (Å²) in [4.78, 5) is 14.4. The van der Waals surface area contributed by atoms with Gasteiger partial charge in [-0.25, -0.2) is 0 Å². The van der Waals surface area contributed by atoms with Crippen molar-refractivity contribution >= 4 is 5.91 Å². The van der Waals surface area contributed by atoms with Crippen LogP contribution in [0.5, 0.6) is 0 Å². The number of carbonyl (C=O) groups excluding carboxylic acids is 1. The lowest BCUT2D eigenvalue weighted by Crippen LogP contribution is -2.51. The van der Waals surface area contributed by atoms with Crippen LogP contribution in [-0.2, 0) is 14.3 Å². The van der Waals surface area contributed by atoms with Crippen molar-refractivity contribution in [1.82, 2.24) is 4.90 Å². The Hall–Kier alpha value is -0.650. The Bertz CT molecular complexity index is 279. The number of carbonyl (C=O) groups is 1. The molecule has 5 nitrogen and oxygen atoms in total. The molecule has 1 saturated carbocycles. The van der Waals surface area contributed by atoms with Crippen LogP contribution in [0, 0.1) is 5.92 Å². The molecular weight excluding hydrogens is 232 g/mol. The molecular formula is C13H24N2O3. The maximum atomic E-state index is 12.5. The van der Waals surface area contributed by atoms with E-state index in [1.807, 2.05) is 11.8 Å². The zero-order valence-corrected chi connectivity index (χ0v) is 11.1. The number of ether oxygens (including phenoxy) is 2. The number of nitrogens with zero attached hydrogens (tertiary/aromatic N) is 1. The van der Waals surface area contributed by atoms with Gasteiger partial charge in [-0.2, -0.15) is 0 Å². The smallest absolute Gasteiger partial charge is 0.254 e. The summed E-state index contributed by atoms with van der Waals surface area (Å²) in [6.07, 6.45) is 2.94. The van der Waals surface area contributed by atoms with Crippen LogP contribution in [0.1, 0.15) is 26.2 Å². The molecule has 2 aliphatic rings. The van der Waals surface area contributed by atoms with Crippen LogP contribution in [0.25, 0.3) is 0 Å². The highest BCUT2D eigenvalue weighted by molar-refractivity contribution is 5.81. The fourth-order valence-electron chi connectivity index (χ4n) is 3.07. The van der Waals surface area contributed by atoms with Gasteiger partial charge >= 0.3 is 0 Å². The molecule has 2 rings (SSSR count). The summed E-state index contributed by atoms with van der Waals surface area (Å²) in [5.41, 5.74) is 5.80. The first-order valence-corrected chi connectivity index (χ1v) is 6.97. The van der Waals surface area contributed by atoms with Crippen LogP contribution in [-0.4, -0.2) is 55.9 Å². The highest BCUT2D eigenvalue weighted by atomic mass is 16.6. The average molecular weight is 256 g/mol. The van der Waals surface area contributed by atoms with Gasteiger partial charge in [-0.1, -0.05) is 6.42 Å². The maximum Gasteiger partial charge on any atom is 0.254 e. The van der Waals surface area contributed by atoms with Gasteiger partial charge < -0.3 is 20.1 Å². The summed E-state index contributed by atoms with van der Waals surface area (Å²) in [6.45, 7) is 4.89. The highest BCUT2D eigenvalue weighted by Crippen LogP contribution is 2.29. The molecule has 1 heterocycles. The van der Waals surface area contributed by atoms with Crippen molar-refractivity contribution in [1.29, 1.82) is 0 Å². The fraction of sp³-hybridized carbons (Fsp3) is 0.923. The highest BCUT2D eigenvalue weighted by Gasteiger charge is 2.36. The Kier molecular flexibility index (Phi) is 4.97. The van der Waals surface area contributed by atoms with Gasteiger partial charge in [0, 0.05) is 12.6 Å². The third kappa shape index (κ3) is 2.84. The quantitative estimate of drug-likeness (QED) is 0.789. The normalized spacial score (nSPS) is 32.4. The van der Waals surface area contributed by atoms with Crippen LogP contribution in [0.4, 0.5) is 0 Å². The van der Waals surface area contributed by atoms with E-state index < -0.39 is 6.10 Å². The summed E-state index contributed by atoms with van der Waals surface area (Å²) in [5, 5.41) is 0. The zero-order chi connectivity index (χ0) is 13.0. The van der Waals surface area contributed by atoms with E-state index in [0.29, 0.717) is 32.3 Å². The molecule has 0 aromatic rings. The van der Waals surface area contributed by atoms with Gasteiger partial charge in [0.05, 0.1) is 19.8 Å². The van der Waals surface area contributed by atoms with E-state index in [2.05, 4.69) is 0 Å². The van der Waals surface area contributed by atoms with Gasteiger partial charge in [0.25, 0.3) is 5.91 Å².